The molecule has 3 heterocycles. The summed E-state index contributed by atoms with van der Waals surface area (Å²) in [7, 11) is 0. The second kappa shape index (κ2) is 8.41. The molecule has 4 rings (SSSR count). The molecule has 0 bridgehead atoms. The summed E-state index contributed by atoms with van der Waals surface area (Å²) in [6.07, 6.45) is 3.62. The lowest BCUT2D eigenvalue weighted by molar-refractivity contribution is -0.144. The summed E-state index contributed by atoms with van der Waals surface area (Å²) < 4.78 is 5.37. The van der Waals surface area contributed by atoms with Crippen molar-refractivity contribution in [2.75, 3.05) is 0 Å². The minimum Gasteiger partial charge on any atom is -0.459 e. The number of carbonyl (C=O) groups excluding carboxylic acids is 1. The van der Waals surface area contributed by atoms with Gasteiger partial charge in [0.1, 0.15) is 16.6 Å². The molecule has 7 heteroatoms. The highest BCUT2D eigenvalue weighted by Gasteiger charge is 2.12. The maximum absolute atomic E-state index is 12.2. The van der Waals surface area contributed by atoms with Gasteiger partial charge in [0.25, 0.3) is 0 Å². The zero-order valence-corrected chi connectivity index (χ0v) is 16.8. The maximum Gasteiger partial charge on any atom is 0.312 e. The van der Waals surface area contributed by atoms with Gasteiger partial charge >= 0.3 is 5.97 Å². The van der Waals surface area contributed by atoms with Gasteiger partial charge in [0.15, 0.2) is 0 Å². The van der Waals surface area contributed by atoms with Crippen molar-refractivity contribution in [3.05, 3.63) is 76.5 Å². The fourth-order valence-electron chi connectivity index (χ4n) is 2.57. The van der Waals surface area contributed by atoms with Gasteiger partial charge < -0.3 is 4.74 Å². The number of aromatic nitrogens is 3. The van der Waals surface area contributed by atoms with Gasteiger partial charge in [-0.25, -0.2) is 9.97 Å². The van der Waals surface area contributed by atoms with E-state index >= 15 is 0 Å². The molecule has 0 saturated heterocycles. The van der Waals surface area contributed by atoms with E-state index < -0.39 is 0 Å². The first-order valence-corrected chi connectivity index (χ1v) is 10.5. The minimum absolute atomic E-state index is 0.145. The molecule has 4 aromatic rings. The van der Waals surface area contributed by atoms with Crippen molar-refractivity contribution in [3.63, 3.8) is 0 Å². The first kappa shape index (κ1) is 18.5. The topological polar surface area (TPSA) is 65.0 Å². The van der Waals surface area contributed by atoms with Gasteiger partial charge in [0.05, 0.1) is 17.8 Å². The molecule has 0 amide bonds. The number of esters is 1. The number of pyridine rings is 1. The van der Waals surface area contributed by atoms with Crippen molar-refractivity contribution in [2.45, 2.75) is 20.0 Å². The summed E-state index contributed by atoms with van der Waals surface area (Å²) in [6.45, 7) is 2.22. The Kier molecular flexibility index (Phi) is 5.55. The summed E-state index contributed by atoms with van der Waals surface area (Å²) in [6, 6.07) is 12.0. The summed E-state index contributed by atoms with van der Waals surface area (Å²) >= 11 is 3.04. The van der Waals surface area contributed by atoms with Gasteiger partial charge in [-0.15, -0.1) is 22.7 Å². The van der Waals surface area contributed by atoms with Crippen LogP contribution >= 0.6 is 22.7 Å². The van der Waals surface area contributed by atoms with E-state index in [9.17, 15) is 4.79 Å². The largest absolute Gasteiger partial charge is 0.459 e. The fraction of sp³-hybridized carbons (Fsp3) is 0.143. The summed E-state index contributed by atoms with van der Waals surface area (Å²) in [4.78, 5) is 25.3. The summed E-state index contributed by atoms with van der Waals surface area (Å²) in [5, 5.41) is 5.57. The lowest BCUT2D eigenvalue weighted by atomic mass is 10.2. The Hall–Kier alpha value is -2.90. The highest BCUT2D eigenvalue weighted by atomic mass is 32.1. The van der Waals surface area contributed by atoms with Gasteiger partial charge in [-0.3, -0.25) is 9.78 Å². The number of hydrogen-bond acceptors (Lipinski definition) is 7. The molecule has 5 nitrogen and oxygen atoms in total. The van der Waals surface area contributed by atoms with E-state index in [-0.39, 0.29) is 19.0 Å². The van der Waals surface area contributed by atoms with Crippen LogP contribution in [0.4, 0.5) is 0 Å². The van der Waals surface area contributed by atoms with E-state index in [1.807, 2.05) is 35.0 Å². The number of hydrogen-bond donors (Lipinski definition) is 0. The summed E-state index contributed by atoms with van der Waals surface area (Å²) in [5.41, 5.74) is 4.68. The molecule has 28 heavy (non-hydrogen) atoms. The zero-order valence-electron chi connectivity index (χ0n) is 15.2. The third kappa shape index (κ3) is 4.49. The maximum atomic E-state index is 12.2. The normalized spacial score (nSPS) is 10.8. The Balaban J connectivity index is 1.33. The smallest absolute Gasteiger partial charge is 0.312 e. The standard InChI is InChI=1S/C21H17N3O2S2/c1-14-4-6-15(7-5-14)20-24-18(13-28-20)11-26-19(25)9-17-12-27-21(23-17)16-3-2-8-22-10-16/h2-8,10,12-13H,9,11H2,1H3. The van der Waals surface area contributed by atoms with Crippen LogP contribution in [0.5, 0.6) is 0 Å². The highest BCUT2D eigenvalue weighted by molar-refractivity contribution is 7.13. The summed E-state index contributed by atoms with van der Waals surface area (Å²) in [5.74, 6) is -0.312. The second-order valence-electron chi connectivity index (χ2n) is 6.23. The molecule has 0 atom stereocenters. The quantitative estimate of drug-likeness (QED) is 0.424. The first-order valence-electron chi connectivity index (χ1n) is 8.69. The van der Waals surface area contributed by atoms with Crippen molar-refractivity contribution in [3.8, 4) is 21.1 Å². The molecule has 0 fully saturated rings. The van der Waals surface area contributed by atoms with Gasteiger partial charge in [0, 0.05) is 34.3 Å². The molecular formula is C21H17N3O2S2. The Labute approximate surface area is 170 Å². The van der Waals surface area contributed by atoms with Crippen LogP contribution in [0.3, 0.4) is 0 Å². The van der Waals surface area contributed by atoms with Gasteiger partial charge in [0.2, 0.25) is 0 Å². The Morgan fingerprint density at radius 3 is 2.43 bits per heavy atom. The SMILES string of the molecule is Cc1ccc(-c2nc(COC(=O)Cc3csc(-c4cccnc4)n3)cs2)cc1. The highest BCUT2D eigenvalue weighted by Crippen LogP contribution is 2.25. The number of aryl methyl sites for hydroxylation is 1. The molecule has 0 aliphatic heterocycles. The van der Waals surface area contributed by atoms with E-state index in [4.69, 9.17) is 4.74 Å². The first-order chi connectivity index (χ1) is 13.7. The third-order valence-corrected chi connectivity index (χ3v) is 5.90. The Morgan fingerprint density at radius 2 is 1.68 bits per heavy atom. The molecule has 0 N–H and O–H groups in total. The molecule has 140 valence electrons. The lowest BCUT2D eigenvalue weighted by Crippen LogP contribution is -2.08. The third-order valence-electron chi connectivity index (χ3n) is 4.02. The van der Waals surface area contributed by atoms with Crippen molar-refractivity contribution < 1.29 is 9.53 Å². The number of nitrogens with zero attached hydrogens (tertiary/aromatic N) is 3. The number of ether oxygens (including phenoxy) is 1. The van der Waals surface area contributed by atoms with E-state index in [1.165, 1.54) is 16.9 Å². The van der Waals surface area contributed by atoms with Crippen LogP contribution < -0.4 is 0 Å². The number of rotatable bonds is 6. The average Bonchev–Trinajstić information content (AvgIpc) is 3.37. The van der Waals surface area contributed by atoms with Crippen LogP contribution in [0.1, 0.15) is 17.0 Å². The Bertz CT molecular complexity index is 1070. The van der Waals surface area contributed by atoms with Crippen molar-refractivity contribution in [1.82, 2.24) is 15.0 Å². The van der Waals surface area contributed by atoms with Crippen LogP contribution in [0.15, 0.2) is 59.6 Å². The predicted octanol–water partition coefficient (Wildman–Crippen LogP) is 4.92. The average molecular weight is 408 g/mol. The molecule has 3 aromatic heterocycles. The molecule has 0 aliphatic rings. The van der Waals surface area contributed by atoms with E-state index in [1.54, 1.807) is 23.7 Å². The van der Waals surface area contributed by atoms with Gasteiger partial charge in [-0.2, -0.15) is 0 Å². The number of carbonyl (C=O) groups is 1. The molecular weight excluding hydrogens is 390 g/mol. The van der Waals surface area contributed by atoms with Crippen LogP contribution in [0.25, 0.3) is 21.1 Å². The fourth-order valence-corrected chi connectivity index (χ4v) is 4.19. The molecule has 0 unspecified atom stereocenters. The van der Waals surface area contributed by atoms with E-state index in [0.717, 1.165) is 26.8 Å². The zero-order chi connectivity index (χ0) is 19.3. The number of benzene rings is 1. The molecule has 1 aromatic carbocycles. The van der Waals surface area contributed by atoms with Gasteiger partial charge in [-0.1, -0.05) is 29.8 Å². The van der Waals surface area contributed by atoms with Gasteiger partial charge in [-0.05, 0) is 19.1 Å². The number of thiazole rings is 2. The van der Waals surface area contributed by atoms with Crippen molar-refractivity contribution in [1.29, 1.82) is 0 Å². The van der Waals surface area contributed by atoms with Crippen molar-refractivity contribution >= 4 is 28.6 Å². The van der Waals surface area contributed by atoms with Crippen LogP contribution in [-0.4, -0.2) is 20.9 Å². The molecule has 0 spiro atoms. The van der Waals surface area contributed by atoms with Crippen LogP contribution in [0, 0.1) is 6.92 Å². The predicted molar refractivity (Wildman–Crippen MR) is 111 cm³/mol. The van der Waals surface area contributed by atoms with Crippen molar-refractivity contribution in [2.24, 2.45) is 0 Å². The minimum atomic E-state index is -0.312. The molecule has 0 saturated carbocycles. The van der Waals surface area contributed by atoms with Crippen LogP contribution in [0.2, 0.25) is 0 Å². The second-order valence-corrected chi connectivity index (χ2v) is 7.95. The molecule has 0 aliphatic carbocycles. The van der Waals surface area contributed by atoms with Crippen LogP contribution in [-0.2, 0) is 22.6 Å². The van der Waals surface area contributed by atoms with E-state index in [2.05, 4.69) is 34.0 Å². The molecule has 0 radical (unpaired) electrons. The monoisotopic (exact) mass is 407 g/mol. The Morgan fingerprint density at radius 1 is 0.964 bits per heavy atom. The van der Waals surface area contributed by atoms with E-state index in [0.29, 0.717) is 5.69 Å². The lowest BCUT2D eigenvalue weighted by Gasteiger charge is -2.01.